The Kier molecular flexibility index (Phi) is 8.42. The van der Waals surface area contributed by atoms with Crippen molar-refractivity contribution in [2.24, 2.45) is 17.6 Å². The van der Waals surface area contributed by atoms with Crippen molar-refractivity contribution in [1.82, 2.24) is 14.5 Å². The van der Waals surface area contributed by atoms with Crippen LogP contribution in [-0.4, -0.2) is 62.0 Å². The molecule has 3 amide bonds. The van der Waals surface area contributed by atoms with Crippen LogP contribution >= 0.6 is 11.6 Å². The summed E-state index contributed by atoms with van der Waals surface area (Å²) in [4.78, 5) is 28.2. The first kappa shape index (κ1) is 27.4. The molecule has 2 aliphatic heterocycles. The second kappa shape index (κ2) is 11.4. The summed E-state index contributed by atoms with van der Waals surface area (Å²) >= 11 is 5.95. The van der Waals surface area contributed by atoms with Crippen molar-refractivity contribution in [2.45, 2.75) is 31.3 Å². The Morgan fingerprint density at radius 1 is 0.919 bits per heavy atom. The molecule has 4 N–H and O–H groups in total. The molecule has 0 spiro atoms. The second-order valence-corrected chi connectivity index (χ2v) is 12.3. The average Bonchev–Trinajstić information content (AvgIpc) is 2.89. The monoisotopic (exact) mass is 547 g/mol. The maximum Gasteiger partial charge on any atom is 0.321 e. The molecule has 0 aliphatic carbocycles. The van der Waals surface area contributed by atoms with Crippen molar-refractivity contribution in [3.8, 4) is 0 Å². The molecule has 0 saturated carbocycles. The van der Waals surface area contributed by atoms with E-state index < -0.39 is 27.6 Å². The smallest absolute Gasteiger partial charge is 0.321 e. The van der Waals surface area contributed by atoms with Gasteiger partial charge < -0.3 is 16.4 Å². The molecule has 0 unspecified atom stereocenters. The van der Waals surface area contributed by atoms with Crippen LogP contribution in [-0.2, 0) is 20.5 Å². The predicted molar refractivity (Wildman–Crippen MR) is 144 cm³/mol. The number of anilines is 1. The minimum Gasteiger partial charge on any atom is -0.366 e. The van der Waals surface area contributed by atoms with Gasteiger partial charge in [0.25, 0.3) is 5.91 Å². The number of piperidine rings is 2. The van der Waals surface area contributed by atoms with Gasteiger partial charge in [0, 0.05) is 42.5 Å². The van der Waals surface area contributed by atoms with Crippen LogP contribution in [0.25, 0.3) is 0 Å². The average molecular weight is 548 g/mol. The highest BCUT2D eigenvalue weighted by Crippen LogP contribution is 2.37. The number of urea groups is 1. The molecular weight excluding hydrogens is 514 g/mol. The summed E-state index contributed by atoms with van der Waals surface area (Å²) in [5, 5.41) is 6.21. The second-order valence-electron chi connectivity index (χ2n) is 9.85. The molecule has 37 heavy (non-hydrogen) atoms. The summed E-state index contributed by atoms with van der Waals surface area (Å²) in [5.41, 5.74) is 5.63. The van der Waals surface area contributed by atoms with Gasteiger partial charge in [0.05, 0.1) is 6.26 Å². The molecule has 9 nitrogen and oxygen atoms in total. The molecule has 0 bridgehead atoms. The largest absolute Gasteiger partial charge is 0.366 e. The molecule has 2 aliphatic rings. The van der Waals surface area contributed by atoms with Gasteiger partial charge in [-0.1, -0.05) is 41.9 Å². The Bertz CT molecular complexity index is 1200. The zero-order chi connectivity index (χ0) is 26.6. The number of hydrogen-bond acceptors (Lipinski definition) is 5. The topological polar surface area (TPSA) is 125 Å². The van der Waals surface area contributed by atoms with E-state index in [0.29, 0.717) is 54.3 Å². The first-order valence-corrected chi connectivity index (χ1v) is 14.7. The third-order valence-electron chi connectivity index (χ3n) is 7.59. The van der Waals surface area contributed by atoms with E-state index in [4.69, 9.17) is 17.3 Å². The van der Waals surface area contributed by atoms with Gasteiger partial charge in [0.15, 0.2) is 0 Å². The van der Waals surface area contributed by atoms with Crippen molar-refractivity contribution in [2.75, 3.05) is 37.8 Å². The van der Waals surface area contributed by atoms with Gasteiger partial charge in [0.1, 0.15) is 0 Å². The van der Waals surface area contributed by atoms with E-state index >= 15 is 0 Å². The maximum absolute atomic E-state index is 13.1. The molecule has 1 atom stereocenters. The third-order valence-corrected chi connectivity index (χ3v) is 9.15. The fourth-order valence-corrected chi connectivity index (χ4v) is 6.62. The number of hydrogen-bond donors (Lipinski definition) is 3. The molecule has 4 rings (SSSR count). The quantitative estimate of drug-likeness (QED) is 0.491. The Morgan fingerprint density at radius 3 is 1.97 bits per heavy atom. The van der Waals surface area contributed by atoms with Crippen molar-refractivity contribution < 1.29 is 18.0 Å². The van der Waals surface area contributed by atoms with E-state index in [9.17, 15) is 18.0 Å². The number of primary amides is 1. The number of likely N-dealkylation sites (tertiary alicyclic amines) is 1. The number of nitrogens with two attached hydrogens (primary N) is 1. The number of carbonyl (C=O) groups excluding carboxylic acids is 2. The van der Waals surface area contributed by atoms with E-state index in [0.717, 1.165) is 25.7 Å². The highest BCUT2D eigenvalue weighted by atomic mass is 35.5. The molecule has 2 aromatic carbocycles. The molecule has 200 valence electrons. The number of nitrogens with one attached hydrogen (secondary N) is 2. The summed E-state index contributed by atoms with van der Waals surface area (Å²) in [6.07, 6.45) is 4.57. The Hall–Kier alpha value is -2.66. The lowest BCUT2D eigenvalue weighted by Gasteiger charge is -2.47. The highest BCUT2D eigenvalue weighted by Gasteiger charge is 2.47. The van der Waals surface area contributed by atoms with Crippen molar-refractivity contribution in [1.29, 1.82) is 0 Å². The molecule has 0 radical (unpaired) electrons. The summed E-state index contributed by atoms with van der Waals surface area (Å²) in [7, 11) is -3.16. The Morgan fingerprint density at radius 2 is 1.46 bits per heavy atom. The van der Waals surface area contributed by atoms with Gasteiger partial charge >= 0.3 is 6.03 Å². The SMILES string of the molecule is CS(=O)(=O)N1CCC(C2CCN([C@@](NC(=O)Nc3ccc(Cl)cc3)(C(N)=O)c3ccccc3)CC2)CC1. The maximum atomic E-state index is 13.1. The molecule has 0 aromatic heterocycles. The number of nitrogens with zero attached hydrogens (tertiary/aromatic N) is 2. The van der Waals surface area contributed by atoms with Gasteiger partial charge in [-0.2, -0.15) is 0 Å². The normalized spacial score (nSPS) is 20.2. The van der Waals surface area contributed by atoms with E-state index in [1.54, 1.807) is 40.7 Å². The van der Waals surface area contributed by atoms with E-state index in [1.807, 2.05) is 23.1 Å². The fraction of sp³-hybridized carbons (Fsp3) is 0.462. The minimum atomic E-state index is -3.16. The van der Waals surface area contributed by atoms with Crippen LogP contribution in [0.5, 0.6) is 0 Å². The van der Waals surface area contributed by atoms with E-state index in [-0.39, 0.29) is 0 Å². The van der Waals surface area contributed by atoms with Gasteiger partial charge in [-0.05, 0) is 61.8 Å². The Balaban J connectivity index is 1.50. The van der Waals surface area contributed by atoms with Gasteiger partial charge in [-0.3, -0.25) is 9.69 Å². The van der Waals surface area contributed by atoms with E-state index in [2.05, 4.69) is 10.6 Å². The number of amides is 3. The Labute approximate surface area is 223 Å². The molecule has 2 fully saturated rings. The van der Waals surface area contributed by atoms with E-state index in [1.165, 1.54) is 6.26 Å². The molecule has 2 saturated heterocycles. The van der Waals surface area contributed by atoms with Crippen LogP contribution in [0.3, 0.4) is 0 Å². The van der Waals surface area contributed by atoms with Crippen molar-refractivity contribution in [3.63, 3.8) is 0 Å². The first-order valence-electron chi connectivity index (χ1n) is 12.5. The number of halogens is 1. The summed E-state index contributed by atoms with van der Waals surface area (Å²) in [5.74, 6) is 0.188. The highest BCUT2D eigenvalue weighted by molar-refractivity contribution is 7.88. The third kappa shape index (κ3) is 6.26. The van der Waals surface area contributed by atoms with Gasteiger partial charge in [-0.15, -0.1) is 0 Å². The first-order chi connectivity index (χ1) is 17.6. The van der Waals surface area contributed by atoms with Crippen LogP contribution in [0.4, 0.5) is 10.5 Å². The lowest BCUT2D eigenvalue weighted by molar-refractivity contribution is -0.134. The van der Waals surface area contributed by atoms with Crippen LogP contribution < -0.4 is 16.4 Å². The lowest BCUT2D eigenvalue weighted by atomic mass is 9.78. The number of sulfonamides is 1. The predicted octanol–water partition coefficient (Wildman–Crippen LogP) is 3.18. The minimum absolute atomic E-state index is 0.419. The fourth-order valence-electron chi connectivity index (χ4n) is 5.62. The van der Waals surface area contributed by atoms with Crippen LogP contribution in [0, 0.1) is 11.8 Å². The zero-order valence-electron chi connectivity index (χ0n) is 20.9. The molecule has 11 heteroatoms. The zero-order valence-corrected chi connectivity index (χ0v) is 22.5. The number of carbonyl (C=O) groups is 2. The lowest BCUT2D eigenvalue weighted by Crippen LogP contribution is -2.67. The molecule has 2 heterocycles. The molecule has 2 aromatic rings. The van der Waals surface area contributed by atoms with Crippen LogP contribution in [0.2, 0.25) is 5.02 Å². The van der Waals surface area contributed by atoms with Gasteiger partial charge in [-0.25, -0.2) is 17.5 Å². The summed E-state index contributed by atoms with van der Waals surface area (Å²) in [6, 6.07) is 15.2. The summed E-state index contributed by atoms with van der Waals surface area (Å²) in [6.45, 7) is 2.22. The van der Waals surface area contributed by atoms with Crippen molar-refractivity contribution in [3.05, 3.63) is 65.2 Å². The number of rotatable bonds is 7. The number of benzene rings is 2. The van der Waals surface area contributed by atoms with Gasteiger partial charge in [0.2, 0.25) is 15.7 Å². The summed E-state index contributed by atoms with van der Waals surface area (Å²) < 4.78 is 25.3. The van der Waals surface area contributed by atoms with Crippen LogP contribution in [0.15, 0.2) is 54.6 Å². The van der Waals surface area contributed by atoms with Crippen molar-refractivity contribution >= 4 is 39.2 Å². The van der Waals surface area contributed by atoms with Crippen LogP contribution in [0.1, 0.15) is 31.2 Å². The molecular formula is C26H34ClN5O4S. The standard InChI is InChI=1S/C26H34ClN5O4S/c1-37(35,36)32-17-13-20(14-18-32)19-11-15-31(16-12-19)26(24(28)33,21-5-3-2-4-6-21)30-25(34)29-23-9-7-22(27)8-10-23/h2-10,19-20H,11-18H2,1H3,(H2,28,33)(H2,29,30,34)/t26-/m1/s1.